The van der Waals surface area contributed by atoms with E-state index in [1.54, 1.807) is 0 Å². The molecule has 3 nitrogen and oxygen atoms in total. The van der Waals surface area contributed by atoms with Gasteiger partial charge in [-0.05, 0) is 72.4 Å². The van der Waals surface area contributed by atoms with Gasteiger partial charge in [-0.15, -0.1) is 0 Å². The lowest BCUT2D eigenvalue weighted by Crippen LogP contribution is -2.10. The third-order valence-corrected chi connectivity index (χ3v) is 6.10. The molecule has 1 aromatic heterocycles. The second-order valence-electron chi connectivity index (χ2n) is 8.65. The van der Waals surface area contributed by atoms with Crippen LogP contribution in [0.1, 0.15) is 54.3 Å². The first-order valence-corrected chi connectivity index (χ1v) is 12.0. The Morgan fingerprint density at radius 1 is 1.00 bits per heavy atom. The SMILES string of the molecule is C=C(C)c1ccccc1CC[C@H](OC(C)=O)c1cccc(/C=C/c2ccc3ccc(Cl)cc3n2)c1. The summed E-state index contributed by atoms with van der Waals surface area (Å²) in [7, 11) is 0. The Bertz CT molecular complexity index is 1410. The molecular formula is C31H28ClNO2. The van der Waals surface area contributed by atoms with Crippen LogP contribution in [0, 0.1) is 0 Å². The minimum absolute atomic E-state index is 0.289. The van der Waals surface area contributed by atoms with E-state index in [9.17, 15) is 4.79 Å². The van der Waals surface area contributed by atoms with Crippen molar-refractivity contribution in [1.82, 2.24) is 4.98 Å². The highest BCUT2D eigenvalue weighted by Gasteiger charge is 2.16. The summed E-state index contributed by atoms with van der Waals surface area (Å²) in [5.74, 6) is -0.289. The lowest BCUT2D eigenvalue weighted by atomic mass is 9.95. The van der Waals surface area contributed by atoms with Crippen LogP contribution in [0.3, 0.4) is 0 Å². The third kappa shape index (κ3) is 6.46. The number of rotatable bonds is 8. The minimum Gasteiger partial charge on any atom is -0.458 e. The molecule has 4 heteroatoms. The molecule has 0 amide bonds. The van der Waals surface area contributed by atoms with Crippen molar-refractivity contribution < 1.29 is 9.53 Å². The van der Waals surface area contributed by atoms with E-state index < -0.39 is 0 Å². The average molecular weight is 482 g/mol. The van der Waals surface area contributed by atoms with Gasteiger partial charge >= 0.3 is 5.97 Å². The molecule has 1 atom stereocenters. The number of ether oxygens (including phenoxy) is 1. The van der Waals surface area contributed by atoms with Gasteiger partial charge in [0.15, 0.2) is 0 Å². The fourth-order valence-electron chi connectivity index (χ4n) is 4.18. The molecule has 0 fully saturated rings. The molecule has 0 aliphatic rings. The molecule has 3 aromatic carbocycles. The fraction of sp³-hybridized carbons (Fsp3) is 0.161. The van der Waals surface area contributed by atoms with Crippen LogP contribution >= 0.6 is 11.6 Å². The maximum Gasteiger partial charge on any atom is 0.303 e. The topological polar surface area (TPSA) is 39.2 Å². The van der Waals surface area contributed by atoms with E-state index in [4.69, 9.17) is 16.3 Å². The number of hydrogen-bond acceptors (Lipinski definition) is 3. The second kappa shape index (κ2) is 11.2. The summed E-state index contributed by atoms with van der Waals surface area (Å²) in [6.45, 7) is 7.56. The molecule has 0 aliphatic heterocycles. The van der Waals surface area contributed by atoms with Crippen LogP contribution in [-0.2, 0) is 16.0 Å². The van der Waals surface area contributed by atoms with Gasteiger partial charge in [-0.25, -0.2) is 4.98 Å². The van der Waals surface area contributed by atoms with Crippen LogP contribution in [0.25, 0.3) is 28.6 Å². The molecule has 4 rings (SSSR count). The van der Waals surface area contributed by atoms with Crippen LogP contribution in [-0.4, -0.2) is 11.0 Å². The predicted molar refractivity (Wildman–Crippen MR) is 146 cm³/mol. The molecule has 0 aliphatic carbocycles. The van der Waals surface area contributed by atoms with Crippen molar-refractivity contribution in [2.24, 2.45) is 0 Å². The Morgan fingerprint density at radius 3 is 2.60 bits per heavy atom. The number of carbonyl (C=O) groups excluding carboxylic acids is 1. The molecule has 176 valence electrons. The number of fused-ring (bicyclic) bond motifs is 1. The Balaban J connectivity index is 1.54. The number of aryl methyl sites for hydroxylation is 1. The highest BCUT2D eigenvalue weighted by Crippen LogP contribution is 2.27. The number of allylic oxidation sites excluding steroid dienone is 1. The summed E-state index contributed by atoms with van der Waals surface area (Å²) in [5, 5.41) is 1.72. The van der Waals surface area contributed by atoms with Gasteiger partial charge in [0.05, 0.1) is 11.2 Å². The number of carbonyl (C=O) groups is 1. The van der Waals surface area contributed by atoms with Gasteiger partial charge in [-0.3, -0.25) is 4.79 Å². The number of nitrogens with zero attached hydrogens (tertiary/aromatic N) is 1. The zero-order valence-electron chi connectivity index (χ0n) is 20.0. The summed E-state index contributed by atoms with van der Waals surface area (Å²) in [5.41, 5.74) is 7.06. The molecule has 35 heavy (non-hydrogen) atoms. The number of aromatic nitrogens is 1. The standard InChI is InChI=1S/C31H28ClNO2/c1-21(2)29-10-5-4-8-24(29)14-18-31(35-22(3)34)26-9-6-7-23(19-26)11-16-28-17-13-25-12-15-27(32)20-30(25)33-28/h4-13,15-17,19-20,31H,1,14,18H2,2-3H3/b16-11+/t31-/m0/s1. The first kappa shape index (κ1) is 24.4. The number of hydrogen-bond donors (Lipinski definition) is 0. The summed E-state index contributed by atoms with van der Waals surface area (Å²) >= 11 is 6.12. The number of benzene rings is 3. The van der Waals surface area contributed by atoms with Gasteiger partial charge in [0, 0.05) is 17.3 Å². The first-order valence-electron chi connectivity index (χ1n) is 11.6. The van der Waals surface area contributed by atoms with Gasteiger partial charge in [0.1, 0.15) is 6.10 Å². The van der Waals surface area contributed by atoms with E-state index in [1.165, 1.54) is 12.5 Å². The summed E-state index contributed by atoms with van der Waals surface area (Å²) < 4.78 is 5.73. The van der Waals surface area contributed by atoms with Crippen molar-refractivity contribution in [2.75, 3.05) is 0 Å². The Kier molecular flexibility index (Phi) is 7.79. The molecule has 0 unspecified atom stereocenters. The number of pyridine rings is 1. The predicted octanol–water partition coefficient (Wildman–Crippen LogP) is 8.33. The first-order chi connectivity index (χ1) is 16.9. The van der Waals surface area contributed by atoms with Crippen LogP contribution in [0.4, 0.5) is 0 Å². The lowest BCUT2D eigenvalue weighted by molar-refractivity contribution is -0.147. The maximum atomic E-state index is 11.9. The molecular weight excluding hydrogens is 454 g/mol. The molecule has 0 saturated carbocycles. The molecule has 1 heterocycles. The number of esters is 1. The van der Waals surface area contributed by atoms with Crippen molar-refractivity contribution in [1.29, 1.82) is 0 Å². The Hall–Kier alpha value is -3.69. The van der Waals surface area contributed by atoms with E-state index in [0.717, 1.165) is 45.3 Å². The van der Waals surface area contributed by atoms with Gasteiger partial charge in [-0.1, -0.05) is 84.4 Å². The molecule has 0 spiro atoms. The van der Waals surface area contributed by atoms with E-state index >= 15 is 0 Å². The second-order valence-corrected chi connectivity index (χ2v) is 9.09. The lowest BCUT2D eigenvalue weighted by Gasteiger charge is -2.19. The van der Waals surface area contributed by atoms with Crippen molar-refractivity contribution in [3.8, 4) is 0 Å². The molecule has 4 aromatic rings. The summed E-state index contributed by atoms with van der Waals surface area (Å²) in [4.78, 5) is 16.6. The van der Waals surface area contributed by atoms with Crippen molar-refractivity contribution in [3.05, 3.63) is 118 Å². The average Bonchev–Trinajstić information content (AvgIpc) is 2.85. The number of halogens is 1. The molecule has 0 N–H and O–H groups in total. The van der Waals surface area contributed by atoms with E-state index in [0.29, 0.717) is 11.4 Å². The van der Waals surface area contributed by atoms with Crippen molar-refractivity contribution in [3.63, 3.8) is 0 Å². The summed E-state index contributed by atoms with van der Waals surface area (Å²) in [6, 6.07) is 26.0. The monoisotopic (exact) mass is 481 g/mol. The van der Waals surface area contributed by atoms with Crippen LogP contribution < -0.4 is 0 Å². The zero-order valence-corrected chi connectivity index (χ0v) is 20.8. The Labute approximate surface area is 211 Å². The smallest absolute Gasteiger partial charge is 0.303 e. The zero-order chi connectivity index (χ0) is 24.8. The fourth-order valence-corrected chi connectivity index (χ4v) is 4.35. The third-order valence-electron chi connectivity index (χ3n) is 5.87. The highest BCUT2D eigenvalue weighted by atomic mass is 35.5. The molecule has 0 radical (unpaired) electrons. The van der Waals surface area contributed by atoms with E-state index in [2.05, 4.69) is 29.8 Å². The minimum atomic E-state index is -0.333. The Morgan fingerprint density at radius 2 is 1.80 bits per heavy atom. The van der Waals surface area contributed by atoms with Gasteiger partial charge in [-0.2, -0.15) is 0 Å². The maximum absolute atomic E-state index is 11.9. The largest absolute Gasteiger partial charge is 0.458 e. The van der Waals surface area contributed by atoms with Gasteiger partial charge < -0.3 is 4.74 Å². The highest BCUT2D eigenvalue weighted by molar-refractivity contribution is 6.31. The van der Waals surface area contributed by atoms with Crippen molar-refractivity contribution in [2.45, 2.75) is 32.8 Å². The normalized spacial score (nSPS) is 12.1. The molecule has 0 saturated heterocycles. The quantitative estimate of drug-likeness (QED) is 0.237. The summed E-state index contributed by atoms with van der Waals surface area (Å²) in [6.07, 6.45) is 5.13. The van der Waals surface area contributed by atoms with E-state index in [-0.39, 0.29) is 12.1 Å². The van der Waals surface area contributed by atoms with Gasteiger partial charge in [0.2, 0.25) is 0 Å². The van der Waals surface area contributed by atoms with Crippen LogP contribution in [0.5, 0.6) is 0 Å². The molecule has 0 bridgehead atoms. The van der Waals surface area contributed by atoms with Crippen LogP contribution in [0.2, 0.25) is 5.02 Å². The van der Waals surface area contributed by atoms with E-state index in [1.807, 2.05) is 79.7 Å². The van der Waals surface area contributed by atoms with Gasteiger partial charge in [0.25, 0.3) is 0 Å². The van der Waals surface area contributed by atoms with Crippen molar-refractivity contribution >= 4 is 46.2 Å². The van der Waals surface area contributed by atoms with Crippen LogP contribution in [0.15, 0.2) is 85.4 Å².